The number of allylic oxidation sites excluding steroid dienone is 8. The third-order valence-corrected chi connectivity index (χ3v) is 18.5. The van der Waals surface area contributed by atoms with Crippen molar-refractivity contribution in [2.24, 2.45) is 5.73 Å². The number of carbonyl (C=O) groups is 2. The Hall–Kier alpha value is -2.03. The van der Waals surface area contributed by atoms with Crippen molar-refractivity contribution in [1.29, 1.82) is 0 Å². The molecule has 0 saturated carbocycles. The number of carbonyl (C=O) groups excluding carboxylic acids is 2. The minimum absolute atomic E-state index is 0.0565. The number of ether oxygens (including phenoxy) is 2. The van der Waals surface area contributed by atoms with Gasteiger partial charge in [-0.2, -0.15) is 0 Å². The van der Waals surface area contributed by atoms with Crippen LogP contribution in [0, 0.1) is 0 Å². The van der Waals surface area contributed by atoms with Crippen LogP contribution in [-0.2, 0) is 32.7 Å². The molecule has 2 atom stereocenters. The van der Waals surface area contributed by atoms with Crippen molar-refractivity contribution in [1.82, 2.24) is 0 Å². The summed E-state index contributed by atoms with van der Waals surface area (Å²) >= 11 is 0. The van der Waals surface area contributed by atoms with Crippen LogP contribution in [0.25, 0.3) is 0 Å². The maximum Gasteiger partial charge on any atom is 0.472 e. The molecule has 0 spiro atoms. The molecule has 0 fully saturated rings. The van der Waals surface area contributed by atoms with Crippen molar-refractivity contribution in [2.75, 3.05) is 26.4 Å². The highest BCUT2D eigenvalue weighted by Crippen LogP contribution is 2.43. The van der Waals surface area contributed by atoms with Crippen molar-refractivity contribution < 1.29 is 37.6 Å². The van der Waals surface area contributed by atoms with E-state index >= 15 is 0 Å². The second kappa shape index (κ2) is 74.0. The van der Waals surface area contributed by atoms with E-state index in [0.717, 1.165) is 57.8 Å². The van der Waals surface area contributed by atoms with Gasteiger partial charge in [-0.05, 0) is 51.4 Å². The zero-order chi connectivity index (χ0) is 63.7. The van der Waals surface area contributed by atoms with Gasteiger partial charge in [0.15, 0.2) is 6.10 Å². The highest BCUT2D eigenvalue weighted by atomic mass is 31.2. The van der Waals surface area contributed by atoms with Crippen molar-refractivity contribution >= 4 is 19.8 Å². The number of phosphoric acid groups is 1. The first kappa shape index (κ1) is 86.0. The summed E-state index contributed by atoms with van der Waals surface area (Å²) in [5.41, 5.74) is 5.41. The van der Waals surface area contributed by atoms with E-state index in [1.165, 1.54) is 315 Å². The van der Waals surface area contributed by atoms with Crippen LogP contribution < -0.4 is 5.73 Å². The van der Waals surface area contributed by atoms with Gasteiger partial charge in [0.25, 0.3) is 0 Å². The van der Waals surface area contributed by atoms with E-state index in [2.05, 4.69) is 62.5 Å². The molecular formula is C78H148NO8P. The highest BCUT2D eigenvalue weighted by Gasteiger charge is 2.26. The molecule has 2 unspecified atom stereocenters. The molecule has 0 aliphatic heterocycles. The van der Waals surface area contributed by atoms with Gasteiger partial charge < -0.3 is 20.1 Å². The largest absolute Gasteiger partial charge is 0.472 e. The van der Waals surface area contributed by atoms with Crippen LogP contribution in [0.5, 0.6) is 0 Å². The molecule has 10 heteroatoms. The minimum atomic E-state index is -4.39. The molecule has 0 radical (unpaired) electrons. The molecule has 0 rings (SSSR count). The molecule has 0 aliphatic carbocycles. The summed E-state index contributed by atoms with van der Waals surface area (Å²) < 4.78 is 33.3. The molecule has 0 saturated heterocycles. The summed E-state index contributed by atoms with van der Waals surface area (Å²) in [5.74, 6) is -0.801. The van der Waals surface area contributed by atoms with Crippen molar-refractivity contribution in [3.05, 3.63) is 48.6 Å². The molecule has 518 valence electrons. The molecule has 9 nitrogen and oxygen atoms in total. The number of unbranched alkanes of at least 4 members (excludes halogenated alkanes) is 53. The van der Waals surface area contributed by atoms with Crippen LogP contribution in [0.1, 0.15) is 406 Å². The molecule has 3 N–H and O–H groups in total. The number of hydrogen-bond donors (Lipinski definition) is 2. The quantitative estimate of drug-likeness (QED) is 0.0264. The topological polar surface area (TPSA) is 134 Å². The normalized spacial score (nSPS) is 13.1. The summed E-state index contributed by atoms with van der Waals surface area (Å²) in [5, 5.41) is 0. The van der Waals surface area contributed by atoms with Gasteiger partial charge in [0.2, 0.25) is 0 Å². The van der Waals surface area contributed by atoms with E-state index in [1.807, 2.05) is 0 Å². The van der Waals surface area contributed by atoms with Gasteiger partial charge in [-0.25, -0.2) is 4.57 Å². The fourth-order valence-electron chi connectivity index (χ4n) is 11.8. The summed E-state index contributed by atoms with van der Waals surface area (Å²) in [6.45, 7) is 3.72. The lowest BCUT2D eigenvalue weighted by atomic mass is 10.0. The van der Waals surface area contributed by atoms with Crippen LogP contribution in [0.4, 0.5) is 0 Å². The second-order valence-corrected chi connectivity index (χ2v) is 27.7. The second-order valence-electron chi connectivity index (χ2n) is 26.2. The SMILES string of the molecule is CC/C=C\C/C=C\C/C=C\C/C=C\CCCCCCCCCCCCCCCCCCCCCCCCCCC(=O)OC(COC(=O)CCCCCCCCCCCCCCCCCCCCCCCCCCCCCCCC)COP(=O)(O)OCCN. The third-order valence-electron chi connectivity index (χ3n) is 17.5. The van der Waals surface area contributed by atoms with E-state index in [9.17, 15) is 19.0 Å². The Morgan fingerprint density at radius 3 is 0.932 bits per heavy atom. The number of hydrogen-bond acceptors (Lipinski definition) is 8. The van der Waals surface area contributed by atoms with Gasteiger partial charge in [-0.3, -0.25) is 18.6 Å². The Balaban J connectivity index is 3.76. The van der Waals surface area contributed by atoms with E-state index in [-0.39, 0.29) is 38.6 Å². The maximum atomic E-state index is 12.8. The predicted octanol–water partition coefficient (Wildman–Crippen LogP) is 25.6. The third kappa shape index (κ3) is 73.0. The van der Waals surface area contributed by atoms with Gasteiger partial charge in [-0.1, -0.05) is 390 Å². The molecule has 0 aromatic rings. The van der Waals surface area contributed by atoms with Gasteiger partial charge in [0, 0.05) is 19.4 Å². The zero-order valence-electron chi connectivity index (χ0n) is 58.5. The predicted molar refractivity (Wildman–Crippen MR) is 381 cm³/mol. The van der Waals surface area contributed by atoms with Crippen molar-refractivity contribution in [3.8, 4) is 0 Å². The lowest BCUT2D eigenvalue weighted by molar-refractivity contribution is -0.161. The number of esters is 2. The Morgan fingerprint density at radius 2 is 0.625 bits per heavy atom. The number of phosphoric ester groups is 1. The molecule has 0 aromatic heterocycles. The monoisotopic (exact) mass is 1260 g/mol. The van der Waals surface area contributed by atoms with Crippen LogP contribution in [-0.4, -0.2) is 49.3 Å². The molecule has 0 amide bonds. The number of nitrogens with two attached hydrogens (primary N) is 1. The molecule has 88 heavy (non-hydrogen) atoms. The summed E-state index contributed by atoms with van der Waals surface area (Å²) in [6, 6.07) is 0. The van der Waals surface area contributed by atoms with E-state index in [4.69, 9.17) is 24.3 Å². The Kier molecular flexibility index (Phi) is 72.3. The smallest absolute Gasteiger partial charge is 0.462 e. The molecule has 0 aliphatic rings. The van der Waals surface area contributed by atoms with Crippen LogP contribution in [0.15, 0.2) is 48.6 Å². The van der Waals surface area contributed by atoms with E-state index in [0.29, 0.717) is 6.42 Å². The number of rotatable bonds is 74. The first-order valence-electron chi connectivity index (χ1n) is 38.6. The van der Waals surface area contributed by atoms with E-state index < -0.39 is 26.5 Å². The zero-order valence-corrected chi connectivity index (χ0v) is 59.4. The lowest BCUT2D eigenvalue weighted by Gasteiger charge is -2.19. The Bertz CT molecular complexity index is 1580. The molecule has 0 bridgehead atoms. The molecular weight excluding hydrogens is 1110 g/mol. The van der Waals surface area contributed by atoms with Crippen LogP contribution >= 0.6 is 7.82 Å². The van der Waals surface area contributed by atoms with Crippen molar-refractivity contribution in [2.45, 2.75) is 412 Å². The Labute approximate surface area is 547 Å². The first-order valence-corrected chi connectivity index (χ1v) is 40.1. The fraction of sp³-hybridized carbons (Fsp3) is 0.872. The summed E-state index contributed by atoms with van der Waals surface area (Å²) in [4.78, 5) is 35.4. The lowest BCUT2D eigenvalue weighted by Crippen LogP contribution is -2.29. The average Bonchev–Trinajstić information content (AvgIpc) is 3.60. The fourth-order valence-corrected chi connectivity index (χ4v) is 12.6. The standard InChI is InChI=1S/C78H148NO8P/c1-3-5-7-9-11-13-15-17-19-21-23-25-27-29-31-33-35-36-37-38-39-40-41-43-45-47-49-51-53-55-57-59-61-63-65-67-69-71-78(81)87-76(75-86-88(82,83)85-73-72-79)74-84-77(80)70-68-66-64-62-60-58-56-54-52-50-48-46-44-42-34-32-30-28-26-24-22-20-18-16-14-12-10-8-6-4-2/h5,7,11,13,17,19,23,25,76H,3-4,6,8-10,12,14-16,18,20-22,24,26-75,79H2,1-2H3,(H,82,83)/b7-5-,13-11-,19-17-,25-23-. The van der Waals surface area contributed by atoms with E-state index in [1.54, 1.807) is 0 Å². The molecule has 0 heterocycles. The van der Waals surface area contributed by atoms with Gasteiger partial charge >= 0.3 is 19.8 Å². The van der Waals surface area contributed by atoms with Crippen LogP contribution in [0.2, 0.25) is 0 Å². The van der Waals surface area contributed by atoms with Gasteiger partial charge in [0.05, 0.1) is 13.2 Å². The van der Waals surface area contributed by atoms with Crippen molar-refractivity contribution in [3.63, 3.8) is 0 Å². The highest BCUT2D eigenvalue weighted by molar-refractivity contribution is 7.47. The maximum absolute atomic E-state index is 12.8. The first-order chi connectivity index (χ1) is 43.3. The Morgan fingerprint density at radius 1 is 0.352 bits per heavy atom. The average molecular weight is 1260 g/mol. The van der Waals surface area contributed by atoms with Gasteiger partial charge in [0.1, 0.15) is 6.61 Å². The summed E-state index contributed by atoms with van der Waals surface area (Å²) in [6.07, 6.45) is 95.3. The van der Waals surface area contributed by atoms with Gasteiger partial charge in [-0.15, -0.1) is 0 Å². The minimum Gasteiger partial charge on any atom is -0.462 e. The summed E-state index contributed by atoms with van der Waals surface area (Å²) in [7, 11) is -4.39. The van der Waals surface area contributed by atoms with Crippen LogP contribution in [0.3, 0.4) is 0 Å². The molecule has 0 aromatic carbocycles.